The Morgan fingerprint density at radius 3 is 3.05 bits per heavy atom. The van der Waals surface area contributed by atoms with Crippen LogP contribution in [-0.2, 0) is 16.1 Å². The van der Waals surface area contributed by atoms with Crippen molar-refractivity contribution in [2.24, 2.45) is 0 Å². The molecule has 0 saturated carbocycles. The van der Waals surface area contributed by atoms with Gasteiger partial charge in [-0.3, -0.25) is 14.7 Å². The van der Waals surface area contributed by atoms with E-state index in [1.165, 1.54) is 11.6 Å². The molecule has 1 aliphatic heterocycles. The summed E-state index contributed by atoms with van der Waals surface area (Å²) in [5, 5.41) is 11.1. The number of thioether (sulfide) groups is 1. The molecule has 3 N–H and O–H groups in total. The maximum Gasteiger partial charge on any atom is 0.344 e. The van der Waals surface area contributed by atoms with Crippen molar-refractivity contribution < 1.29 is 14.3 Å². The average Bonchev–Trinajstić information content (AvgIpc) is 3.09. The Morgan fingerprint density at radius 2 is 2.38 bits per heavy atom. The number of nitrogens with zero attached hydrogens (tertiary/aromatic N) is 2. The largest absolute Gasteiger partial charge is 0.376 e. The number of aromatic nitrogens is 3. The summed E-state index contributed by atoms with van der Waals surface area (Å²) in [5.41, 5.74) is -0.334. The summed E-state index contributed by atoms with van der Waals surface area (Å²) >= 11 is 1.08. The van der Waals surface area contributed by atoms with Crippen molar-refractivity contribution >= 4 is 23.7 Å². The number of H-pyrrole nitrogens is 1. The maximum atomic E-state index is 11.7. The van der Waals surface area contributed by atoms with Crippen LogP contribution in [0.3, 0.4) is 0 Å². The first kappa shape index (κ1) is 15.6. The summed E-state index contributed by atoms with van der Waals surface area (Å²) in [6.07, 6.45) is 1.88. The number of aromatic amines is 1. The van der Waals surface area contributed by atoms with Crippen molar-refractivity contribution in [3.8, 4) is 0 Å². The van der Waals surface area contributed by atoms with E-state index in [2.05, 4.69) is 20.8 Å². The van der Waals surface area contributed by atoms with Crippen molar-refractivity contribution in [3.63, 3.8) is 0 Å². The van der Waals surface area contributed by atoms with Crippen LogP contribution in [0.4, 0.5) is 4.79 Å². The second-order valence-corrected chi connectivity index (χ2v) is 5.42. The Kier molecular flexibility index (Phi) is 5.39. The second-order valence-electron chi connectivity index (χ2n) is 4.47. The van der Waals surface area contributed by atoms with Gasteiger partial charge in [-0.15, -0.1) is 5.10 Å². The number of carbonyl (C=O) groups is 2. The Balaban J connectivity index is 1.92. The molecule has 0 spiro atoms. The van der Waals surface area contributed by atoms with E-state index in [0.29, 0.717) is 18.3 Å². The molecule has 2 rings (SSSR count). The molecule has 0 bridgehead atoms. The van der Waals surface area contributed by atoms with E-state index in [-0.39, 0.29) is 17.5 Å². The third kappa shape index (κ3) is 4.33. The lowest BCUT2D eigenvalue weighted by molar-refractivity contribution is -0.117. The van der Waals surface area contributed by atoms with E-state index >= 15 is 0 Å². The van der Waals surface area contributed by atoms with Crippen LogP contribution >= 0.6 is 11.8 Å². The van der Waals surface area contributed by atoms with Gasteiger partial charge in [0.2, 0.25) is 5.91 Å². The van der Waals surface area contributed by atoms with E-state index in [0.717, 1.165) is 24.6 Å². The maximum absolute atomic E-state index is 11.7. The predicted octanol–water partition coefficient (Wildman–Crippen LogP) is -0.702. The van der Waals surface area contributed by atoms with Gasteiger partial charge in [0.25, 0.3) is 0 Å². The van der Waals surface area contributed by atoms with Crippen LogP contribution in [0, 0.1) is 0 Å². The molecular formula is C11H17N5O4S. The number of hydrogen-bond acceptors (Lipinski definition) is 6. The van der Waals surface area contributed by atoms with E-state index in [9.17, 15) is 14.4 Å². The summed E-state index contributed by atoms with van der Waals surface area (Å²) in [7, 11) is 1.42. The zero-order valence-corrected chi connectivity index (χ0v) is 12.4. The molecule has 0 radical (unpaired) electrons. The van der Waals surface area contributed by atoms with Crippen LogP contribution in [0.25, 0.3) is 0 Å². The van der Waals surface area contributed by atoms with Crippen LogP contribution < -0.4 is 16.3 Å². The van der Waals surface area contributed by atoms with E-state index in [1.807, 2.05) is 0 Å². The summed E-state index contributed by atoms with van der Waals surface area (Å²) < 4.78 is 6.94. The van der Waals surface area contributed by atoms with Crippen LogP contribution in [0.2, 0.25) is 0 Å². The average molecular weight is 315 g/mol. The van der Waals surface area contributed by atoms with Gasteiger partial charge in [0, 0.05) is 13.7 Å². The predicted molar refractivity (Wildman–Crippen MR) is 75.1 cm³/mol. The summed E-state index contributed by atoms with van der Waals surface area (Å²) in [6.45, 7) is 1.11. The van der Waals surface area contributed by atoms with Gasteiger partial charge >= 0.3 is 11.7 Å². The highest BCUT2D eigenvalue weighted by atomic mass is 32.2. The molecule has 1 atom stereocenters. The molecule has 1 aromatic heterocycles. The second kappa shape index (κ2) is 7.27. The smallest absolute Gasteiger partial charge is 0.344 e. The molecule has 116 valence electrons. The number of imide groups is 1. The molecule has 9 nitrogen and oxygen atoms in total. The standard InChI is InChI=1S/C11H17N5O4S/c1-12-9(18)13-8(17)6-21-11-15-14-10(19)16(11)5-7-3-2-4-20-7/h7H,2-6H2,1H3,(H,14,19)(H2,12,13,17,18)/t7-/m1/s1. The van der Waals surface area contributed by atoms with E-state index < -0.39 is 11.9 Å². The topological polar surface area (TPSA) is 118 Å². The number of amides is 3. The molecule has 1 fully saturated rings. The normalized spacial score (nSPS) is 17.7. The highest BCUT2D eigenvalue weighted by Gasteiger charge is 2.20. The number of nitrogens with one attached hydrogen (secondary N) is 3. The minimum atomic E-state index is -0.570. The third-order valence-electron chi connectivity index (χ3n) is 2.95. The minimum Gasteiger partial charge on any atom is -0.376 e. The molecule has 1 saturated heterocycles. The molecule has 0 unspecified atom stereocenters. The summed E-state index contributed by atoms with van der Waals surface area (Å²) in [5.74, 6) is -0.470. The molecule has 21 heavy (non-hydrogen) atoms. The highest BCUT2D eigenvalue weighted by Crippen LogP contribution is 2.17. The Hall–Kier alpha value is -1.81. The Bertz CT molecular complexity index is 563. The van der Waals surface area contributed by atoms with Gasteiger partial charge in [0.1, 0.15) is 0 Å². The zero-order valence-electron chi connectivity index (χ0n) is 11.5. The van der Waals surface area contributed by atoms with Crippen molar-refractivity contribution in [1.29, 1.82) is 0 Å². The first-order chi connectivity index (χ1) is 10.1. The van der Waals surface area contributed by atoms with Gasteiger partial charge in [-0.1, -0.05) is 11.8 Å². The Morgan fingerprint density at radius 1 is 1.57 bits per heavy atom. The number of urea groups is 1. The summed E-state index contributed by atoms with van der Waals surface area (Å²) in [6, 6.07) is -0.570. The van der Waals surface area contributed by atoms with Gasteiger partial charge in [0.15, 0.2) is 5.16 Å². The van der Waals surface area contributed by atoms with Crippen LogP contribution in [0.15, 0.2) is 9.95 Å². The van der Waals surface area contributed by atoms with Crippen molar-refractivity contribution in [1.82, 2.24) is 25.4 Å². The van der Waals surface area contributed by atoms with Gasteiger partial charge in [0.05, 0.1) is 18.4 Å². The first-order valence-electron chi connectivity index (χ1n) is 6.51. The lowest BCUT2D eigenvalue weighted by Gasteiger charge is -2.10. The molecule has 1 aromatic rings. The fourth-order valence-corrected chi connectivity index (χ4v) is 2.68. The molecule has 0 aromatic carbocycles. The van der Waals surface area contributed by atoms with Gasteiger partial charge in [-0.05, 0) is 12.8 Å². The van der Waals surface area contributed by atoms with Gasteiger partial charge in [-0.25, -0.2) is 14.7 Å². The molecular weight excluding hydrogens is 298 g/mol. The van der Waals surface area contributed by atoms with Gasteiger partial charge in [-0.2, -0.15) is 0 Å². The first-order valence-corrected chi connectivity index (χ1v) is 7.50. The number of carbonyl (C=O) groups excluding carboxylic acids is 2. The number of rotatable bonds is 5. The van der Waals surface area contributed by atoms with E-state index in [4.69, 9.17) is 4.74 Å². The van der Waals surface area contributed by atoms with Crippen LogP contribution in [0.5, 0.6) is 0 Å². The van der Waals surface area contributed by atoms with Crippen molar-refractivity contribution in [2.45, 2.75) is 30.6 Å². The summed E-state index contributed by atoms with van der Waals surface area (Å²) in [4.78, 5) is 34.2. The minimum absolute atomic E-state index is 0.000606. The van der Waals surface area contributed by atoms with Crippen LogP contribution in [-0.4, -0.2) is 52.2 Å². The lowest BCUT2D eigenvalue weighted by atomic mass is 10.2. The monoisotopic (exact) mass is 315 g/mol. The molecule has 0 aliphatic carbocycles. The molecule has 10 heteroatoms. The third-order valence-corrected chi connectivity index (χ3v) is 3.92. The Labute approximate surface area is 124 Å². The van der Waals surface area contributed by atoms with Crippen molar-refractivity contribution in [2.75, 3.05) is 19.4 Å². The fraction of sp³-hybridized carbons (Fsp3) is 0.636. The zero-order chi connectivity index (χ0) is 15.2. The highest BCUT2D eigenvalue weighted by molar-refractivity contribution is 7.99. The quantitative estimate of drug-likeness (QED) is 0.618. The number of hydrogen-bond donors (Lipinski definition) is 3. The van der Waals surface area contributed by atoms with Gasteiger partial charge < -0.3 is 10.1 Å². The molecule has 2 heterocycles. The molecule has 3 amide bonds. The van der Waals surface area contributed by atoms with E-state index in [1.54, 1.807) is 0 Å². The number of ether oxygens (including phenoxy) is 1. The van der Waals surface area contributed by atoms with Crippen LogP contribution in [0.1, 0.15) is 12.8 Å². The molecule has 1 aliphatic rings. The fourth-order valence-electron chi connectivity index (χ4n) is 1.92. The lowest BCUT2D eigenvalue weighted by Crippen LogP contribution is -2.38. The van der Waals surface area contributed by atoms with Crippen molar-refractivity contribution in [3.05, 3.63) is 10.5 Å². The SMILES string of the molecule is CNC(=O)NC(=O)CSc1n[nH]c(=O)n1C[C@H]1CCCO1.